The highest BCUT2D eigenvalue weighted by atomic mass is 16.5. The number of ketones is 1. The number of pyridine rings is 1. The third-order valence-electron chi connectivity index (χ3n) is 4.00. The minimum atomic E-state index is -0.487. The highest BCUT2D eigenvalue weighted by molar-refractivity contribution is 5.97. The van der Waals surface area contributed by atoms with Crippen LogP contribution >= 0.6 is 0 Å². The van der Waals surface area contributed by atoms with Crippen molar-refractivity contribution in [1.29, 1.82) is 0 Å². The molecule has 1 aliphatic rings. The molecule has 0 fully saturated rings. The number of rotatable bonds is 5. The van der Waals surface area contributed by atoms with Gasteiger partial charge in [-0.25, -0.2) is 0 Å². The molecule has 1 aromatic carbocycles. The van der Waals surface area contributed by atoms with Crippen molar-refractivity contribution in [2.75, 3.05) is 26.9 Å². The molecule has 126 valence electrons. The van der Waals surface area contributed by atoms with E-state index in [1.54, 1.807) is 31.5 Å². The average molecular weight is 328 g/mol. The molecule has 1 aromatic heterocycles. The van der Waals surface area contributed by atoms with Crippen LogP contribution in [0, 0.1) is 0 Å². The SMILES string of the molecule is COc1ccc(CN2CCOc3ccc(C(=O)CO)cc3C2)nc1. The van der Waals surface area contributed by atoms with Crippen molar-refractivity contribution < 1.29 is 19.4 Å². The zero-order valence-electron chi connectivity index (χ0n) is 13.6. The van der Waals surface area contributed by atoms with Crippen molar-refractivity contribution in [3.8, 4) is 11.5 Å². The molecule has 0 spiro atoms. The Labute approximate surface area is 140 Å². The maximum atomic E-state index is 11.7. The number of Topliss-reactive ketones (excluding diaryl/α,β-unsaturated/α-hetero) is 1. The zero-order chi connectivity index (χ0) is 16.9. The number of hydrogen-bond donors (Lipinski definition) is 1. The Morgan fingerprint density at radius 1 is 1.38 bits per heavy atom. The smallest absolute Gasteiger partial charge is 0.188 e. The van der Waals surface area contributed by atoms with E-state index in [0.29, 0.717) is 25.3 Å². The third kappa shape index (κ3) is 3.72. The van der Waals surface area contributed by atoms with Gasteiger partial charge in [-0.3, -0.25) is 14.7 Å². The molecule has 0 atom stereocenters. The van der Waals surface area contributed by atoms with Crippen LogP contribution in [0.25, 0.3) is 0 Å². The van der Waals surface area contributed by atoms with Gasteiger partial charge in [0.05, 0.1) is 19.0 Å². The number of fused-ring (bicyclic) bond motifs is 1. The van der Waals surface area contributed by atoms with Crippen LogP contribution in [0.4, 0.5) is 0 Å². The Morgan fingerprint density at radius 2 is 2.25 bits per heavy atom. The maximum absolute atomic E-state index is 11.7. The van der Waals surface area contributed by atoms with Gasteiger partial charge in [0.2, 0.25) is 0 Å². The summed E-state index contributed by atoms with van der Waals surface area (Å²) in [5.74, 6) is 1.23. The summed E-state index contributed by atoms with van der Waals surface area (Å²) in [5.41, 5.74) is 2.39. The number of carbonyl (C=O) groups excluding carboxylic acids is 1. The number of aliphatic hydroxyl groups excluding tert-OH is 1. The molecule has 0 amide bonds. The van der Waals surface area contributed by atoms with Crippen molar-refractivity contribution in [1.82, 2.24) is 9.88 Å². The van der Waals surface area contributed by atoms with Crippen LogP contribution in [0.2, 0.25) is 0 Å². The van der Waals surface area contributed by atoms with Crippen LogP contribution in [-0.2, 0) is 13.1 Å². The predicted molar refractivity (Wildman–Crippen MR) is 88.3 cm³/mol. The highest BCUT2D eigenvalue weighted by Crippen LogP contribution is 2.25. The van der Waals surface area contributed by atoms with Gasteiger partial charge in [-0.05, 0) is 30.3 Å². The lowest BCUT2D eigenvalue weighted by molar-refractivity contribution is 0.0903. The van der Waals surface area contributed by atoms with E-state index in [9.17, 15) is 4.79 Å². The molecule has 6 nitrogen and oxygen atoms in total. The fraction of sp³-hybridized carbons (Fsp3) is 0.333. The molecule has 0 bridgehead atoms. The predicted octanol–water partition coefficient (Wildman–Crippen LogP) is 1.66. The van der Waals surface area contributed by atoms with Crippen molar-refractivity contribution in [2.45, 2.75) is 13.1 Å². The number of aromatic nitrogens is 1. The summed E-state index contributed by atoms with van der Waals surface area (Å²) in [4.78, 5) is 18.3. The summed E-state index contributed by atoms with van der Waals surface area (Å²) >= 11 is 0. The van der Waals surface area contributed by atoms with E-state index in [1.807, 2.05) is 12.1 Å². The number of methoxy groups -OCH3 is 1. The van der Waals surface area contributed by atoms with Gasteiger partial charge < -0.3 is 14.6 Å². The highest BCUT2D eigenvalue weighted by Gasteiger charge is 2.18. The second-order valence-corrected chi connectivity index (χ2v) is 5.65. The van der Waals surface area contributed by atoms with E-state index in [0.717, 1.165) is 29.3 Å². The number of aliphatic hydroxyl groups is 1. The Balaban J connectivity index is 1.76. The Bertz CT molecular complexity index is 715. The lowest BCUT2D eigenvalue weighted by Crippen LogP contribution is -2.25. The van der Waals surface area contributed by atoms with Gasteiger partial charge in [0.1, 0.15) is 24.7 Å². The van der Waals surface area contributed by atoms with E-state index in [2.05, 4.69) is 9.88 Å². The molecule has 1 N–H and O–H groups in total. The number of carbonyl (C=O) groups is 1. The topological polar surface area (TPSA) is 71.9 Å². The Hall–Kier alpha value is -2.44. The van der Waals surface area contributed by atoms with E-state index >= 15 is 0 Å². The molecule has 0 saturated heterocycles. The number of hydrogen-bond acceptors (Lipinski definition) is 6. The van der Waals surface area contributed by atoms with Crippen molar-refractivity contribution in [3.63, 3.8) is 0 Å². The molecule has 2 heterocycles. The van der Waals surface area contributed by atoms with Crippen LogP contribution in [0.15, 0.2) is 36.5 Å². The standard InChI is InChI=1S/C18H20N2O4/c1-23-16-4-3-15(19-9-16)11-20-6-7-24-18-5-2-13(17(22)12-21)8-14(18)10-20/h2-5,8-9,21H,6-7,10-12H2,1H3. The molecule has 2 aromatic rings. The van der Waals surface area contributed by atoms with Crippen molar-refractivity contribution in [3.05, 3.63) is 53.3 Å². The average Bonchev–Trinajstić information content (AvgIpc) is 2.82. The van der Waals surface area contributed by atoms with Crippen molar-refractivity contribution >= 4 is 5.78 Å². The lowest BCUT2D eigenvalue weighted by atomic mass is 10.1. The van der Waals surface area contributed by atoms with Gasteiger partial charge in [-0.1, -0.05) is 0 Å². The first-order chi connectivity index (χ1) is 11.7. The van der Waals surface area contributed by atoms with Crippen molar-refractivity contribution in [2.24, 2.45) is 0 Å². The van der Waals surface area contributed by atoms with E-state index in [4.69, 9.17) is 14.6 Å². The summed E-state index contributed by atoms with van der Waals surface area (Å²) < 4.78 is 10.9. The molecule has 24 heavy (non-hydrogen) atoms. The van der Waals surface area contributed by atoms with Gasteiger partial charge in [-0.15, -0.1) is 0 Å². The molecular formula is C18H20N2O4. The maximum Gasteiger partial charge on any atom is 0.188 e. The largest absolute Gasteiger partial charge is 0.495 e. The first-order valence-corrected chi connectivity index (χ1v) is 7.80. The fourth-order valence-electron chi connectivity index (χ4n) is 2.70. The minimum absolute atomic E-state index is 0.287. The van der Waals surface area contributed by atoms with Gasteiger partial charge in [0, 0.05) is 30.8 Å². The van der Waals surface area contributed by atoms with Crippen LogP contribution < -0.4 is 9.47 Å². The van der Waals surface area contributed by atoms with E-state index in [-0.39, 0.29) is 5.78 Å². The molecule has 3 rings (SSSR count). The molecule has 0 saturated carbocycles. The van der Waals surface area contributed by atoms with Gasteiger partial charge in [-0.2, -0.15) is 0 Å². The second kappa shape index (κ2) is 7.42. The van der Waals surface area contributed by atoms with E-state index in [1.165, 1.54) is 0 Å². The summed E-state index contributed by atoms with van der Waals surface area (Å²) in [6, 6.07) is 9.12. The number of benzene rings is 1. The Morgan fingerprint density at radius 3 is 2.96 bits per heavy atom. The second-order valence-electron chi connectivity index (χ2n) is 5.65. The third-order valence-corrected chi connectivity index (χ3v) is 4.00. The van der Waals surface area contributed by atoms with Crippen LogP contribution in [-0.4, -0.2) is 47.6 Å². The quantitative estimate of drug-likeness (QED) is 0.842. The monoisotopic (exact) mass is 328 g/mol. The minimum Gasteiger partial charge on any atom is -0.495 e. The summed E-state index contributed by atoms with van der Waals surface area (Å²) in [5, 5.41) is 9.03. The number of nitrogens with zero attached hydrogens (tertiary/aromatic N) is 2. The zero-order valence-corrected chi connectivity index (χ0v) is 13.6. The van der Waals surface area contributed by atoms with Crippen LogP contribution in [0.3, 0.4) is 0 Å². The number of ether oxygens (including phenoxy) is 2. The summed E-state index contributed by atoms with van der Waals surface area (Å²) in [7, 11) is 1.62. The summed E-state index contributed by atoms with van der Waals surface area (Å²) in [6.45, 7) is 2.21. The van der Waals surface area contributed by atoms with Gasteiger partial charge >= 0.3 is 0 Å². The normalized spacial score (nSPS) is 14.4. The van der Waals surface area contributed by atoms with Gasteiger partial charge in [0.25, 0.3) is 0 Å². The molecule has 6 heteroatoms. The van der Waals surface area contributed by atoms with Crippen LogP contribution in [0.5, 0.6) is 11.5 Å². The first kappa shape index (κ1) is 16.4. The fourth-order valence-corrected chi connectivity index (χ4v) is 2.70. The molecule has 1 aliphatic heterocycles. The lowest BCUT2D eigenvalue weighted by Gasteiger charge is -2.19. The Kier molecular flexibility index (Phi) is 5.08. The van der Waals surface area contributed by atoms with E-state index < -0.39 is 6.61 Å². The molecule has 0 unspecified atom stereocenters. The first-order valence-electron chi connectivity index (χ1n) is 7.80. The van der Waals surface area contributed by atoms with Crippen LogP contribution in [0.1, 0.15) is 21.6 Å². The molecular weight excluding hydrogens is 308 g/mol. The van der Waals surface area contributed by atoms with Gasteiger partial charge in [0.15, 0.2) is 5.78 Å². The summed E-state index contributed by atoms with van der Waals surface area (Å²) in [6.07, 6.45) is 1.70. The molecule has 0 radical (unpaired) electrons. The molecule has 0 aliphatic carbocycles.